The van der Waals surface area contributed by atoms with Gasteiger partial charge >= 0.3 is 11.6 Å². The van der Waals surface area contributed by atoms with Gasteiger partial charge in [0.15, 0.2) is 12.4 Å². The third-order valence-corrected chi connectivity index (χ3v) is 10.9. The molecule has 1 unspecified atom stereocenters. The molecule has 1 aliphatic heterocycles. The molecule has 8 rings (SSSR count). The normalized spacial score (nSPS) is 17.4. The molecule has 7 aromatic rings. The quantitative estimate of drug-likeness (QED) is 0.0861. The second kappa shape index (κ2) is 16.7. The van der Waals surface area contributed by atoms with Crippen LogP contribution in [0.5, 0.6) is 11.5 Å². The predicted octanol–water partition coefficient (Wildman–Crippen LogP) is 8.77. The molecule has 1 fully saturated rings. The van der Waals surface area contributed by atoms with E-state index in [2.05, 4.69) is 10.3 Å². The van der Waals surface area contributed by atoms with Crippen LogP contribution in [0.1, 0.15) is 39.6 Å². The molecule has 0 radical (unpaired) electrons. The van der Waals surface area contributed by atoms with Gasteiger partial charge in [0, 0.05) is 6.20 Å². The zero-order valence-electron chi connectivity index (χ0n) is 32.7. The van der Waals surface area contributed by atoms with Crippen LogP contribution in [0, 0.1) is 0 Å². The van der Waals surface area contributed by atoms with Gasteiger partial charge in [0.1, 0.15) is 34.6 Å². The molecule has 1 saturated heterocycles. The summed E-state index contributed by atoms with van der Waals surface area (Å²) in [6.45, 7) is 0. The average molecular weight is 806 g/mol. The molecule has 0 saturated carbocycles. The topological polar surface area (TPSA) is 101 Å². The van der Waals surface area contributed by atoms with Crippen molar-refractivity contribution in [1.82, 2.24) is 9.55 Å². The third-order valence-electron chi connectivity index (χ3n) is 10.9. The second-order valence-corrected chi connectivity index (χ2v) is 14.3. The number of carbonyl (C=O) groups is 1. The molecule has 0 amide bonds. The van der Waals surface area contributed by atoms with E-state index in [0.717, 1.165) is 16.7 Å². The molecule has 0 bridgehead atoms. The number of anilines is 1. The molecule has 302 valence electrons. The van der Waals surface area contributed by atoms with E-state index >= 15 is 8.78 Å². The summed E-state index contributed by atoms with van der Waals surface area (Å²) in [6, 6.07) is 52.9. The minimum absolute atomic E-state index is 0.104. The van der Waals surface area contributed by atoms with Crippen LogP contribution in [-0.2, 0) is 25.4 Å². The van der Waals surface area contributed by atoms with Crippen LogP contribution in [0.4, 0.5) is 14.6 Å². The third kappa shape index (κ3) is 7.12. The molecule has 0 spiro atoms. The molecule has 3 atom stereocenters. The number of rotatable bonds is 14. The molecular weight excluding hydrogens is 765 g/mol. The summed E-state index contributed by atoms with van der Waals surface area (Å²) < 4.78 is 58.5. The van der Waals surface area contributed by atoms with Crippen LogP contribution in [-0.4, -0.2) is 48.2 Å². The minimum Gasteiger partial charge on any atom is -0.497 e. The Morgan fingerprint density at radius 1 is 0.633 bits per heavy atom. The fraction of sp³-hybridized carbons (Fsp3) is 0.163. The van der Waals surface area contributed by atoms with Gasteiger partial charge in [0.05, 0.1) is 14.2 Å². The lowest BCUT2D eigenvalue weighted by atomic mass is 9.77. The van der Waals surface area contributed by atoms with Gasteiger partial charge in [0.2, 0.25) is 6.23 Å². The largest absolute Gasteiger partial charge is 0.497 e. The maximum Gasteiger partial charge on any atom is 0.351 e. The van der Waals surface area contributed by atoms with Gasteiger partial charge < -0.3 is 29.1 Å². The Labute approximate surface area is 345 Å². The van der Waals surface area contributed by atoms with Gasteiger partial charge in [-0.05, 0) is 63.7 Å². The Balaban J connectivity index is 1.20. The molecular formula is C49H41F2N3O6. The first-order valence-electron chi connectivity index (χ1n) is 19.3. The summed E-state index contributed by atoms with van der Waals surface area (Å²) in [5.74, 6) is -2.63. The number of aromatic nitrogens is 2. The van der Waals surface area contributed by atoms with Crippen LogP contribution >= 0.6 is 0 Å². The van der Waals surface area contributed by atoms with Gasteiger partial charge in [0.25, 0.3) is 0 Å². The number of alkyl halides is 2. The number of nitrogens with one attached hydrogen (secondary N) is 1. The highest BCUT2D eigenvalue weighted by molar-refractivity contribution is 5.60. The highest BCUT2D eigenvalue weighted by atomic mass is 19.3. The summed E-state index contributed by atoms with van der Waals surface area (Å²) in [7, 11) is 3.11. The molecule has 1 N–H and O–H groups in total. The Morgan fingerprint density at radius 3 is 1.48 bits per heavy atom. The maximum absolute atomic E-state index is 17.2. The van der Waals surface area contributed by atoms with Crippen molar-refractivity contribution in [2.75, 3.05) is 19.5 Å². The van der Waals surface area contributed by atoms with Gasteiger partial charge in [-0.3, -0.25) is 4.57 Å². The van der Waals surface area contributed by atoms with Gasteiger partial charge in [-0.15, -0.1) is 0 Å². The number of nitrogens with zero attached hydrogens (tertiary/aromatic N) is 2. The minimum atomic E-state index is -3.94. The van der Waals surface area contributed by atoms with E-state index in [-0.39, 0.29) is 12.1 Å². The lowest BCUT2D eigenvalue weighted by molar-refractivity contribution is -0.180. The average Bonchev–Trinajstić information content (AvgIpc) is 3.56. The number of carbonyl (C=O) groups excluding carboxylic acids is 1. The summed E-state index contributed by atoms with van der Waals surface area (Å²) in [6.07, 6.45) is -4.71. The van der Waals surface area contributed by atoms with Gasteiger partial charge in [-0.2, -0.15) is 13.8 Å². The van der Waals surface area contributed by atoms with Crippen molar-refractivity contribution in [2.24, 2.45) is 0 Å². The first-order valence-corrected chi connectivity index (χ1v) is 19.3. The smallest absolute Gasteiger partial charge is 0.351 e. The van der Waals surface area contributed by atoms with E-state index < -0.39 is 41.2 Å². The lowest BCUT2D eigenvalue weighted by Crippen LogP contribution is -2.48. The maximum atomic E-state index is 17.2. The van der Waals surface area contributed by atoms with Crippen LogP contribution in [0.15, 0.2) is 187 Å². The fourth-order valence-electron chi connectivity index (χ4n) is 8.02. The molecule has 0 aliphatic carbocycles. The van der Waals surface area contributed by atoms with Crippen LogP contribution in [0.25, 0.3) is 0 Å². The Hall–Kier alpha value is -6.95. The van der Waals surface area contributed by atoms with E-state index in [0.29, 0.717) is 32.8 Å². The first kappa shape index (κ1) is 39.9. The predicted molar refractivity (Wildman–Crippen MR) is 223 cm³/mol. The van der Waals surface area contributed by atoms with Crippen LogP contribution in [0.3, 0.4) is 0 Å². The van der Waals surface area contributed by atoms with Crippen molar-refractivity contribution in [3.63, 3.8) is 0 Å². The van der Waals surface area contributed by atoms with Crippen LogP contribution in [0.2, 0.25) is 0 Å². The van der Waals surface area contributed by atoms with Gasteiger partial charge in [-0.1, -0.05) is 146 Å². The van der Waals surface area contributed by atoms with Crippen molar-refractivity contribution in [3.8, 4) is 11.5 Å². The first-order chi connectivity index (χ1) is 29.2. The molecule has 11 heteroatoms. The van der Waals surface area contributed by atoms with E-state index in [1.807, 2.05) is 97.1 Å². The van der Waals surface area contributed by atoms with Crippen molar-refractivity contribution in [2.45, 2.75) is 35.5 Å². The molecule has 60 heavy (non-hydrogen) atoms. The van der Waals surface area contributed by atoms with Gasteiger partial charge in [-0.25, -0.2) is 4.79 Å². The molecule has 1 aliphatic rings. The Morgan fingerprint density at radius 2 is 1.05 bits per heavy atom. The van der Waals surface area contributed by atoms with Crippen molar-refractivity contribution < 1.29 is 32.5 Å². The summed E-state index contributed by atoms with van der Waals surface area (Å²) >= 11 is 0. The zero-order valence-corrected chi connectivity index (χ0v) is 32.7. The standard InChI is InChI=1S/C49H41F2N3O6/c1-57-40-27-23-36(24-28-40)47(34-15-7-3-8-16-34,35-17-9-4-10-18-35)53-43-31-32-54(46(56)52-43)45-49(50,51)44(42(33-55)59-45)60-48(37-19-11-5-12-20-37,38-21-13-6-14-22-38)39-25-29-41(58-2)30-26-39/h3-33,42,44-45H,1-2H3,(H,52,53,56)/t42-,44-,45?/m1/s1. The number of halogens is 2. The second-order valence-electron chi connectivity index (χ2n) is 14.3. The monoisotopic (exact) mass is 805 g/mol. The molecule has 9 nitrogen and oxygen atoms in total. The fourth-order valence-corrected chi connectivity index (χ4v) is 8.02. The van der Waals surface area contributed by atoms with E-state index in [9.17, 15) is 9.59 Å². The number of methoxy groups -OCH3 is 2. The van der Waals surface area contributed by atoms with Crippen molar-refractivity contribution >= 4 is 12.1 Å². The van der Waals surface area contributed by atoms with Crippen LogP contribution < -0.4 is 20.5 Å². The Bertz CT molecular complexity index is 2500. The summed E-state index contributed by atoms with van der Waals surface area (Å²) in [4.78, 5) is 31.1. The number of aldehydes is 1. The summed E-state index contributed by atoms with van der Waals surface area (Å²) in [5, 5.41) is 3.50. The summed E-state index contributed by atoms with van der Waals surface area (Å²) in [5.41, 5.74) is 0.183. The van der Waals surface area contributed by atoms with Crippen molar-refractivity contribution in [1.29, 1.82) is 0 Å². The zero-order chi connectivity index (χ0) is 41.7. The van der Waals surface area contributed by atoms with Crippen molar-refractivity contribution in [3.05, 3.63) is 226 Å². The molecule has 1 aromatic heterocycles. The SMILES string of the molecule is COc1ccc(C(Nc2ccn(C3O[C@H](C=O)[C@@H](OC(c4ccccc4)(c4ccccc4)c4ccc(OC)cc4)C3(F)F)c(=O)n2)(c2ccccc2)c2ccccc2)cc1. The number of hydrogen-bond donors (Lipinski definition) is 1. The molecule has 2 heterocycles. The highest BCUT2D eigenvalue weighted by Crippen LogP contribution is 2.50. The number of hydrogen-bond acceptors (Lipinski definition) is 8. The Kier molecular flexibility index (Phi) is 11.1. The number of benzene rings is 6. The molecule has 6 aromatic carbocycles. The van der Waals surface area contributed by atoms with E-state index in [4.69, 9.17) is 18.9 Å². The number of ether oxygens (including phenoxy) is 4. The lowest BCUT2D eigenvalue weighted by Gasteiger charge is -2.39. The van der Waals surface area contributed by atoms with E-state index in [1.54, 1.807) is 79.9 Å². The van der Waals surface area contributed by atoms with E-state index in [1.165, 1.54) is 19.4 Å². The highest BCUT2D eigenvalue weighted by Gasteiger charge is 2.63.